The molecule has 0 aliphatic carbocycles. The van der Waals surface area contributed by atoms with Crippen LogP contribution in [0.25, 0.3) is 0 Å². The number of sulfone groups is 1. The predicted octanol–water partition coefficient (Wildman–Crippen LogP) is 1.41. The molecular formula is C14H28N2O4S. The average molecular weight is 320 g/mol. The Hall–Kier alpha value is -0.820. The lowest BCUT2D eigenvalue weighted by molar-refractivity contribution is 0.0192. The van der Waals surface area contributed by atoms with Gasteiger partial charge in [0.05, 0.1) is 11.5 Å². The maximum Gasteiger partial charge on any atom is 0.410 e. The molecule has 1 unspecified atom stereocenters. The molecule has 7 heteroatoms. The summed E-state index contributed by atoms with van der Waals surface area (Å²) in [6, 6.07) is 0.0385. The minimum atomic E-state index is -2.87. The number of nitrogens with one attached hydrogen (secondary N) is 1. The highest BCUT2D eigenvalue weighted by molar-refractivity contribution is 7.91. The molecule has 1 saturated heterocycles. The Bertz CT molecular complexity index is 454. The number of hydrogen-bond donors (Lipinski definition) is 1. The lowest BCUT2D eigenvalue weighted by Gasteiger charge is -2.30. The molecule has 1 N–H and O–H groups in total. The molecule has 0 aromatic rings. The maximum absolute atomic E-state index is 12.1. The Kier molecular flexibility index (Phi) is 6.04. The fourth-order valence-electron chi connectivity index (χ4n) is 2.23. The van der Waals surface area contributed by atoms with Crippen LogP contribution in [0.2, 0.25) is 0 Å². The Morgan fingerprint density at radius 1 is 1.38 bits per heavy atom. The summed E-state index contributed by atoms with van der Waals surface area (Å²) in [6.07, 6.45) is 0.314. The highest BCUT2D eigenvalue weighted by Gasteiger charge is 2.28. The third kappa shape index (κ3) is 6.65. The van der Waals surface area contributed by atoms with Crippen molar-refractivity contribution in [2.45, 2.75) is 58.7 Å². The number of nitrogens with zero attached hydrogens (tertiary/aromatic N) is 1. The Balaban J connectivity index is 2.43. The molecule has 0 radical (unpaired) electrons. The van der Waals surface area contributed by atoms with Crippen LogP contribution in [0.4, 0.5) is 4.79 Å². The summed E-state index contributed by atoms with van der Waals surface area (Å²) in [5.41, 5.74) is -0.517. The summed E-state index contributed by atoms with van der Waals surface area (Å²) in [4.78, 5) is 13.8. The van der Waals surface area contributed by atoms with Crippen LogP contribution in [0, 0.1) is 0 Å². The monoisotopic (exact) mass is 320 g/mol. The zero-order valence-corrected chi connectivity index (χ0v) is 14.5. The first kappa shape index (κ1) is 18.2. The predicted molar refractivity (Wildman–Crippen MR) is 83.1 cm³/mol. The van der Waals surface area contributed by atoms with Crippen LogP contribution in [0.15, 0.2) is 0 Å². The smallest absolute Gasteiger partial charge is 0.410 e. The van der Waals surface area contributed by atoms with Crippen LogP contribution in [0.5, 0.6) is 0 Å². The fourth-order valence-corrected chi connectivity index (χ4v) is 3.93. The van der Waals surface area contributed by atoms with Gasteiger partial charge in [-0.15, -0.1) is 0 Å². The number of hydrogen-bond acceptors (Lipinski definition) is 5. The standard InChI is InChI=1S/C14H28N2O4S/c1-11(2)16(13(17)20-14(3,4)5)8-7-15-12-6-9-21(18,19)10-12/h11-12,15H,6-10H2,1-5H3. The van der Waals surface area contributed by atoms with E-state index in [9.17, 15) is 13.2 Å². The van der Waals surface area contributed by atoms with Crippen molar-refractivity contribution in [3.8, 4) is 0 Å². The van der Waals surface area contributed by atoms with Crippen molar-refractivity contribution in [3.63, 3.8) is 0 Å². The van der Waals surface area contributed by atoms with E-state index in [0.29, 0.717) is 19.5 Å². The Morgan fingerprint density at radius 2 is 2.00 bits per heavy atom. The third-order valence-corrected chi connectivity index (χ3v) is 5.04. The van der Waals surface area contributed by atoms with E-state index in [-0.39, 0.29) is 29.7 Å². The molecule has 1 rings (SSSR count). The molecule has 6 nitrogen and oxygen atoms in total. The van der Waals surface area contributed by atoms with Gasteiger partial charge in [-0.2, -0.15) is 0 Å². The quantitative estimate of drug-likeness (QED) is 0.829. The number of amides is 1. The highest BCUT2D eigenvalue weighted by atomic mass is 32.2. The van der Waals surface area contributed by atoms with Gasteiger partial charge in [0.15, 0.2) is 9.84 Å². The molecule has 1 aliphatic heterocycles. The van der Waals surface area contributed by atoms with Gasteiger partial charge in [-0.05, 0) is 41.0 Å². The largest absolute Gasteiger partial charge is 0.444 e. The second kappa shape index (κ2) is 6.96. The van der Waals surface area contributed by atoms with Crippen molar-refractivity contribution < 1.29 is 17.9 Å². The van der Waals surface area contributed by atoms with Crippen molar-refractivity contribution in [3.05, 3.63) is 0 Å². The van der Waals surface area contributed by atoms with E-state index < -0.39 is 15.4 Å². The summed E-state index contributed by atoms with van der Waals surface area (Å²) < 4.78 is 28.2. The molecule has 1 atom stereocenters. The molecule has 0 saturated carbocycles. The zero-order valence-electron chi connectivity index (χ0n) is 13.7. The number of carbonyl (C=O) groups is 1. The molecule has 0 aromatic carbocycles. The summed E-state index contributed by atoms with van der Waals surface area (Å²) in [5, 5.41) is 3.21. The second-order valence-corrected chi connectivity index (χ2v) is 9.05. The van der Waals surface area contributed by atoms with Crippen LogP contribution < -0.4 is 5.32 Å². The normalized spacial score (nSPS) is 21.5. The first-order valence-corrected chi connectivity index (χ1v) is 9.26. The third-order valence-electron chi connectivity index (χ3n) is 3.27. The van der Waals surface area contributed by atoms with E-state index in [1.165, 1.54) is 0 Å². The van der Waals surface area contributed by atoms with Crippen molar-refractivity contribution in [2.75, 3.05) is 24.6 Å². The van der Waals surface area contributed by atoms with Crippen LogP contribution in [0.3, 0.4) is 0 Å². The average Bonchev–Trinajstić information content (AvgIpc) is 2.61. The van der Waals surface area contributed by atoms with Crippen molar-refractivity contribution in [1.29, 1.82) is 0 Å². The lowest BCUT2D eigenvalue weighted by atomic mass is 10.2. The maximum atomic E-state index is 12.1. The van der Waals surface area contributed by atoms with Gasteiger partial charge in [-0.1, -0.05) is 0 Å². The SMILES string of the molecule is CC(C)N(CCNC1CCS(=O)(=O)C1)C(=O)OC(C)(C)C. The van der Waals surface area contributed by atoms with Gasteiger partial charge in [0, 0.05) is 25.2 Å². The molecule has 0 bridgehead atoms. The van der Waals surface area contributed by atoms with Crippen LogP contribution in [-0.2, 0) is 14.6 Å². The van der Waals surface area contributed by atoms with Gasteiger partial charge in [0.2, 0.25) is 0 Å². The van der Waals surface area contributed by atoms with E-state index in [0.717, 1.165) is 0 Å². The van der Waals surface area contributed by atoms with Gasteiger partial charge in [-0.25, -0.2) is 13.2 Å². The van der Waals surface area contributed by atoms with E-state index in [1.54, 1.807) is 4.90 Å². The van der Waals surface area contributed by atoms with Gasteiger partial charge in [0.1, 0.15) is 5.60 Å². The molecule has 1 aliphatic rings. The summed E-state index contributed by atoms with van der Waals surface area (Å²) in [6.45, 7) is 10.5. The summed E-state index contributed by atoms with van der Waals surface area (Å²) >= 11 is 0. The topological polar surface area (TPSA) is 75.7 Å². The second-order valence-electron chi connectivity index (χ2n) is 6.82. The minimum absolute atomic E-state index is 0.00245. The van der Waals surface area contributed by atoms with E-state index in [4.69, 9.17) is 4.74 Å². The minimum Gasteiger partial charge on any atom is -0.444 e. The number of rotatable bonds is 5. The fraction of sp³-hybridized carbons (Fsp3) is 0.929. The van der Waals surface area contributed by atoms with Gasteiger partial charge in [-0.3, -0.25) is 0 Å². The van der Waals surface area contributed by atoms with Crippen molar-refractivity contribution in [1.82, 2.24) is 10.2 Å². The van der Waals surface area contributed by atoms with Crippen molar-refractivity contribution >= 4 is 15.9 Å². The van der Waals surface area contributed by atoms with Crippen molar-refractivity contribution in [2.24, 2.45) is 0 Å². The molecule has 21 heavy (non-hydrogen) atoms. The first-order chi connectivity index (χ1) is 9.50. The molecule has 0 aromatic heterocycles. The molecule has 0 spiro atoms. The van der Waals surface area contributed by atoms with Gasteiger partial charge in [0.25, 0.3) is 0 Å². The van der Waals surface area contributed by atoms with E-state index >= 15 is 0 Å². The number of carbonyl (C=O) groups excluding carboxylic acids is 1. The summed E-state index contributed by atoms with van der Waals surface area (Å²) in [7, 11) is -2.87. The van der Waals surface area contributed by atoms with Crippen LogP contribution in [0.1, 0.15) is 41.0 Å². The van der Waals surface area contributed by atoms with E-state index in [2.05, 4.69) is 5.32 Å². The molecule has 124 valence electrons. The molecule has 1 fully saturated rings. The Labute approximate surface area is 128 Å². The first-order valence-electron chi connectivity index (χ1n) is 7.43. The van der Waals surface area contributed by atoms with Crippen LogP contribution in [-0.4, -0.2) is 61.7 Å². The summed E-state index contributed by atoms with van der Waals surface area (Å²) in [5.74, 6) is 0.450. The van der Waals surface area contributed by atoms with Gasteiger partial charge >= 0.3 is 6.09 Å². The van der Waals surface area contributed by atoms with Gasteiger partial charge < -0.3 is 15.0 Å². The molecule has 1 amide bonds. The molecular weight excluding hydrogens is 292 g/mol. The highest BCUT2D eigenvalue weighted by Crippen LogP contribution is 2.13. The Morgan fingerprint density at radius 3 is 2.43 bits per heavy atom. The molecule has 1 heterocycles. The number of ether oxygens (including phenoxy) is 1. The van der Waals surface area contributed by atoms with Crippen LogP contribution >= 0.6 is 0 Å². The lowest BCUT2D eigenvalue weighted by Crippen LogP contribution is -2.45. The van der Waals surface area contributed by atoms with E-state index in [1.807, 2.05) is 34.6 Å². The zero-order chi connectivity index (χ0) is 16.3.